The van der Waals surface area contributed by atoms with Crippen LogP contribution in [0.15, 0.2) is 0 Å². The molecule has 0 saturated carbocycles. The molecule has 0 aliphatic carbocycles. The molecule has 0 aliphatic rings. The van der Waals surface area contributed by atoms with Gasteiger partial charge in [0.25, 0.3) is 0 Å². The van der Waals surface area contributed by atoms with Gasteiger partial charge >= 0.3 is 0 Å². The zero-order valence-electron chi connectivity index (χ0n) is 14.3. The zero-order valence-corrected chi connectivity index (χ0v) is 14.3. The van der Waals surface area contributed by atoms with Crippen LogP contribution in [0.2, 0.25) is 0 Å². The normalized spacial score (nSPS) is 14.5. The van der Waals surface area contributed by atoms with Gasteiger partial charge in [0.05, 0.1) is 0 Å². The largest absolute Gasteiger partial charge is 0.0654 e. The van der Waals surface area contributed by atoms with E-state index in [2.05, 4.69) is 27.7 Å². The predicted molar refractivity (Wildman–Crippen MR) is 89.7 cm³/mol. The highest BCUT2D eigenvalue weighted by molar-refractivity contribution is 4.60. The Morgan fingerprint density at radius 3 is 1.74 bits per heavy atom. The fourth-order valence-electron chi connectivity index (χ4n) is 2.90. The summed E-state index contributed by atoms with van der Waals surface area (Å²) in [6, 6.07) is 0. The molecular formula is C19H40. The molecule has 0 rings (SSSR count). The molecule has 0 aromatic heterocycles. The third kappa shape index (κ3) is 12.8. The van der Waals surface area contributed by atoms with E-state index in [0.29, 0.717) is 0 Å². The third-order valence-corrected chi connectivity index (χ3v) is 4.80. The van der Waals surface area contributed by atoms with Gasteiger partial charge in [0.2, 0.25) is 0 Å². The summed E-state index contributed by atoms with van der Waals surface area (Å²) >= 11 is 0. The molecule has 0 aliphatic heterocycles. The topological polar surface area (TPSA) is 0 Å². The molecule has 0 amide bonds. The van der Waals surface area contributed by atoms with E-state index in [1.165, 1.54) is 83.5 Å². The Morgan fingerprint density at radius 2 is 1.16 bits per heavy atom. The first kappa shape index (κ1) is 19.0. The Balaban J connectivity index is 3.38. The van der Waals surface area contributed by atoms with E-state index in [1.54, 1.807) is 0 Å². The SMILES string of the molecule is CCCCCCCCCC(CC)CCCC(C)CC. The molecule has 2 atom stereocenters. The van der Waals surface area contributed by atoms with Crippen LogP contribution >= 0.6 is 0 Å². The van der Waals surface area contributed by atoms with E-state index < -0.39 is 0 Å². The van der Waals surface area contributed by atoms with Crippen LogP contribution in [-0.4, -0.2) is 0 Å². The van der Waals surface area contributed by atoms with Gasteiger partial charge in [-0.1, -0.05) is 111 Å². The standard InChI is InChI=1S/C19H40/c1-5-8-9-10-11-12-13-16-19(7-3)17-14-15-18(4)6-2/h18-19H,5-17H2,1-4H3. The van der Waals surface area contributed by atoms with E-state index in [4.69, 9.17) is 0 Å². The molecule has 0 radical (unpaired) electrons. The van der Waals surface area contributed by atoms with Crippen molar-refractivity contribution in [1.82, 2.24) is 0 Å². The van der Waals surface area contributed by atoms with Crippen molar-refractivity contribution in [2.24, 2.45) is 11.8 Å². The molecule has 0 saturated heterocycles. The van der Waals surface area contributed by atoms with Crippen LogP contribution in [0, 0.1) is 11.8 Å². The summed E-state index contributed by atoms with van der Waals surface area (Å²) in [4.78, 5) is 0. The van der Waals surface area contributed by atoms with Crippen molar-refractivity contribution < 1.29 is 0 Å². The number of unbranched alkanes of at least 4 members (excludes halogenated alkanes) is 6. The second-order valence-corrected chi connectivity index (χ2v) is 6.63. The molecule has 0 nitrogen and oxygen atoms in total. The van der Waals surface area contributed by atoms with Crippen molar-refractivity contribution in [1.29, 1.82) is 0 Å². The molecule has 0 bridgehead atoms. The van der Waals surface area contributed by atoms with Gasteiger partial charge in [-0.2, -0.15) is 0 Å². The number of hydrogen-bond donors (Lipinski definition) is 0. The van der Waals surface area contributed by atoms with E-state index in [0.717, 1.165) is 11.8 Å². The lowest BCUT2D eigenvalue weighted by atomic mass is 9.90. The Hall–Kier alpha value is 0. The fourth-order valence-corrected chi connectivity index (χ4v) is 2.90. The van der Waals surface area contributed by atoms with Crippen molar-refractivity contribution in [3.8, 4) is 0 Å². The first-order chi connectivity index (χ1) is 9.24. The second kappa shape index (κ2) is 14.4. The van der Waals surface area contributed by atoms with Crippen molar-refractivity contribution in [2.75, 3.05) is 0 Å². The summed E-state index contributed by atoms with van der Waals surface area (Å²) in [6.07, 6.45) is 18.8. The Morgan fingerprint density at radius 1 is 0.579 bits per heavy atom. The first-order valence-electron chi connectivity index (χ1n) is 9.24. The van der Waals surface area contributed by atoms with Gasteiger partial charge in [0, 0.05) is 0 Å². The van der Waals surface area contributed by atoms with Gasteiger partial charge in [-0.3, -0.25) is 0 Å². The van der Waals surface area contributed by atoms with Gasteiger partial charge in [0.15, 0.2) is 0 Å². The smallest absolute Gasteiger partial charge is 0.0417 e. The number of hydrogen-bond acceptors (Lipinski definition) is 0. The minimum atomic E-state index is 0.941. The Kier molecular flexibility index (Phi) is 14.4. The Bertz CT molecular complexity index is 161. The molecule has 0 N–H and O–H groups in total. The highest BCUT2D eigenvalue weighted by Crippen LogP contribution is 2.22. The summed E-state index contributed by atoms with van der Waals surface area (Å²) in [5, 5.41) is 0. The fraction of sp³-hybridized carbons (Fsp3) is 1.00. The average molecular weight is 269 g/mol. The van der Waals surface area contributed by atoms with Crippen LogP contribution in [-0.2, 0) is 0 Å². The lowest BCUT2D eigenvalue weighted by Crippen LogP contribution is -2.01. The molecular weight excluding hydrogens is 228 g/mol. The molecule has 0 spiro atoms. The quantitative estimate of drug-likeness (QED) is 0.288. The molecule has 116 valence electrons. The van der Waals surface area contributed by atoms with Crippen LogP contribution in [0.25, 0.3) is 0 Å². The monoisotopic (exact) mass is 268 g/mol. The van der Waals surface area contributed by atoms with Crippen LogP contribution in [0.1, 0.15) is 111 Å². The summed E-state index contributed by atoms with van der Waals surface area (Å²) < 4.78 is 0. The maximum absolute atomic E-state index is 2.40. The highest BCUT2D eigenvalue weighted by Gasteiger charge is 2.07. The highest BCUT2D eigenvalue weighted by atomic mass is 14.1. The predicted octanol–water partition coefficient (Wildman–Crippen LogP) is 7.37. The molecule has 0 fully saturated rings. The van der Waals surface area contributed by atoms with Crippen molar-refractivity contribution in [2.45, 2.75) is 111 Å². The Labute approximate surface area is 123 Å². The molecule has 0 aromatic carbocycles. The average Bonchev–Trinajstić information content (AvgIpc) is 2.44. The molecule has 0 heteroatoms. The summed E-state index contributed by atoms with van der Waals surface area (Å²) in [5.74, 6) is 1.95. The van der Waals surface area contributed by atoms with E-state index in [1.807, 2.05) is 0 Å². The van der Waals surface area contributed by atoms with E-state index in [9.17, 15) is 0 Å². The van der Waals surface area contributed by atoms with Gasteiger partial charge in [-0.15, -0.1) is 0 Å². The molecule has 2 unspecified atom stereocenters. The van der Waals surface area contributed by atoms with Crippen molar-refractivity contribution >= 4 is 0 Å². The van der Waals surface area contributed by atoms with Crippen LogP contribution < -0.4 is 0 Å². The lowest BCUT2D eigenvalue weighted by molar-refractivity contribution is 0.375. The zero-order chi connectivity index (χ0) is 14.3. The molecule has 0 aromatic rings. The lowest BCUT2D eigenvalue weighted by Gasteiger charge is -2.16. The van der Waals surface area contributed by atoms with Gasteiger partial charge < -0.3 is 0 Å². The minimum absolute atomic E-state index is 0.941. The van der Waals surface area contributed by atoms with Crippen molar-refractivity contribution in [3.63, 3.8) is 0 Å². The van der Waals surface area contributed by atoms with E-state index >= 15 is 0 Å². The maximum atomic E-state index is 2.40. The second-order valence-electron chi connectivity index (χ2n) is 6.63. The van der Waals surface area contributed by atoms with Gasteiger partial charge in [0.1, 0.15) is 0 Å². The van der Waals surface area contributed by atoms with Gasteiger partial charge in [-0.05, 0) is 11.8 Å². The molecule has 0 heterocycles. The van der Waals surface area contributed by atoms with Crippen LogP contribution in [0.4, 0.5) is 0 Å². The van der Waals surface area contributed by atoms with Crippen LogP contribution in [0.3, 0.4) is 0 Å². The molecule has 19 heavy (non-hydrogen) atoms. The van der Waals surface area contributed by atoms with Crippen LogP contribution in [0.5, 0.6) is 0 Å². The summed E-state index contributed by atoms with van der Waals surface area (Å²) in [6.45, 7) is 9.40. The summed E-state index contributed by atoms with van der Waals surface area (Å²) in [5.41, 5.74) is 0. The third-order valence-electron chi connectivity index (χ3n) is 4.80. The first-order valence-corrected chi connectivity index (χ1v) is 9.24. The minimum Gasteiger partial charge on any atom is -0.0654 e. The summed E-state index contributed by atoms with van der Waals surface area (Å²) in [7, 11) is 0. The maximum Gasteiger partial charge on any atom is -0.0417 e. The number of rotatable bonds is 14. The van der Waals surface area contributed by atoms with Crippen molar-refractivity contribution in [3.05, 3.63) is 0 Å². The van der Waals surface area contributed by atoms with Gasteiger partial charge in [-0.25, -0.2) is 0 Å². The van der Waals surface area contributed by atoms with E-state index in [-0.39, 0.29) is 0 Å².